The lowest BCUT2D eigenvalue weighted by molar-refractivity contribution is -0.143. The summed E-state index contributed by atoms with van der Waals surface area (Å²) in [6.07, 6.45) is 2.71. The Balaban J connectivity index is 2.07. The maximum absolute atomic E-state index is 12.6. The van der Waals surface area contributed by atoms with Gasteiger partial charge in [-0.2, -0.15) is 0 Å². The smallest absolute Gasteiger partial charge is 0.308 e. The Morgan fingerprint density at radius 1 is 1.24 bits per heavy atom. The number of hydrogen-bond acceptors (Lipinski definition) is 2. The number of carboxylic acid groups (broad SMARTS) is 1. The summed E-state index contributed by atoms with van der Waals surface area (Å²) in [5, 5.41) is 12.1. The average molecular weight is 289 g/mol. The van der Waals surface area contributed by atoms with E-state index in [1.807, 2.05) is 44.2 Å². The van der Waals surface area contributed by atoms with Crippen LogP contribution in [0.2, 0.25) is 0 Å². The number of carbonyl (C=O) groups excluding carboxylic acids is 1. The number of hydrogen-bond donors (Lipinski definition) is 2. The van der Waals surface area contributed by atoms with Crippen molar-refractivity contribution in [3.8, 4) is 0 Å². The SMILES string of the molecule is CC(C)C(CNC(=O)C1(c2ccccc2)CCC1)C(=O)O. The van der Waals surface area contributed by atoms with Gasteiger partial charge in [-0.15, -0.1) is 0 Å². The Bertz CT molecular complexity index is 506. The summed E-state index contributed by atoms with van der Waals surface area (Å²) in [7, 11) is 0. The molecular weight excluding hydrogens is 266 g/mol. The lowest BCUT2D eigenvalue weighted by atomic mass is 9.64. The third-order valence-electron chi connectivity index (χ3n) is 4.57. The first kappa shape index (κ1) is 15.5. The van der Waals surface area contributed by atoms with Gasteiger partial charge in [0.05, 0.1) is 11.3 Å². The molecule has 0 heterocycles. The molecule has 1 aliphatic carbocycles. The van der Waals surface area contributed by atoms with Gasteiger partial charge in [0.2, 0.25) is 5.91 Å². The number of rotatable bonds is 6. The fourth-order valence-corrected chi connectivity index (χ4v) is 2.91. The van der Waals surface area contributed by atoms with E-state index in [0.717, 1.165) is 24.8 Å². The highest BCUT2D eigenvalue weighted by atomic mass is 16.4. The first-order valence-corrected chi connectivity index (χ1v) is 7.54. The normalized spacial score (nSPS) is 17.9. The summed E-state index contributed by atoms with van der Waals surface area (Å²) in [6, 6.07) is 9.78. The van der Waals surface area contributed by atoms with Gasteiger partial charge in [-0.3, -0.25) is 9.59 Å². The highest BCUT2D eigenvalue weighted by Crippen LogP contribution is 2.43. The van der Waals surface area contributed by atoms with E-state index < -0.39 is 17.3 Å². The molecule has 0 aliphatic heterocycles. The topological polar surface area (TPSA) is 66.4 Å². The molecule has 0 radical (unpaired) electrons. The molecule has 1 aliphatic rings. The monoisotopic (exact) mass is 289 g/mol. The zero-order valence-electron chi connectivity index (χ0n) is 12.6. The molecule has 4 nitrogen and oxygen atoms in total. The molecule has 4 heteroatoms. The van der Waals surface area contributed by atoms with Crippen molar-refractivity contribution in [2.75, 3.05) is 6.54 Å². The molecule has 2 rings (SSSR count). The van der Waals surface area contributed by atoms with E-state index in [0.29, 0.717) is 0 Å². The number of amides is 1. The van der Waals surface area contributed by atoms with Crippen molar-refractivity contribution in [3.05, 3.63) is 35.9 Å². The summed E-state index contributed by atoms with van der Waals surface area (Å²) < 4.78 is 0. The van der Waals surface area contributed by atoms with E-state index in [-0.39, 0.29) is 18.4 Å². The summed E-state index contributed by atoms with van der Waals surface area (Å²) in [4.78, 5) is 23.8. The van der Waals surface area contributed by atoms with Crippen LogP contribution < -0.4 is 5.32 Å². The van der Waals surface area contributed by atoms with Crippen LogP contribution in [0.5, 0.6) is 0 Å². The first-order chi connectivity index (χ1) is 9.97. The van der Waals surface area contributed by atoms with Gasteiger partial charge in [0, 0.05) is 6.54 Å². The Labute approximate surface area is 125 Å². The number of carbonyl (C=O) groups is 2. The maximum Gasteiger partial charge on any atom is 0.308 e. The molecule has 1 fully saturated rings. The van der Waals surface area contributed by atoms with Gasteiger partial charge in [-0.1, -0.05) is 50.6 Å². The third kappa shape index (κ3) is 3.09. The van der Waals surface area contributed by atoms with Gasteiger partial charge >= 0.3 is 5.97 Å². The summed E-state index contributed by atoms with van der Waals surface area (Å²) >= 11 is 0. The van der Waals surface area contributed by atoms with Crippen LogP contribution in [-0.4, -0.2) is 23.5 Å². The minimum absolute atomic E-state index is 0.00290. The standard InChI is InChI=1S/C17H23NO3/c1-12(2)14(15(19)20)11-18-16(21)17(9-6-10-17)13-7-4-3-5-8-13/h3-5,7-8,12,14H,6,9-11H2,1-2H3,(H,18,21)(H,19,20). The minimum atomic E-state index is -0.854. The van der Waals surface area contributed by atoms with Crippen molar-refractivity contribution in [3.63, 3.8) is 0 Å². The summed E-state index contributed by atoms with van der Waals surface area (Å²) in [5.41, 5.74) is 0.576. The first-order valence-electron chi connectivity index (χ1n) is 7.54. The second-order valence-corrected chi connectivity index (χ2v) is 6.20. The quantitative estimate of drug-likeness (QED) is 0.846. The molecule has 0 spiro atoms. The van der Waals surface area contributed by atoms with Crippen LogP contribution in [0.1, 0.15) is 38.7 Å². The fourth-order valence-electron chi connectivity index (χ4n) is 2.91. The van der Waals surface area contributed by atoms with Gasteiger partial charge in [0.25, 0.3) is 0 Å². The van der Waals surface area contributed by atoms with E-state index in [2.05, 4.69) is 5.32 Å². The Kier molecular flexibility index (Phi) is 4.66. The van der Waals surface area contributed by atoms with Gasteiger partial charge in [0.1, 0.15) is 0 Å². The molecule has 2 N–H and O–H groups in total. The second kappa shape index (κ2) is 6.29. The fraction of sp³-hybridized carbons (Fsp3) is 0.529. The molecule has 1 atom stereocenters. The van der Waals surface area contributed by atoms with Crippen molar-refractivity contribution < 1.29 is 14.7 Å². The largest absolute Gasteiger partial charge is 0.481 e. The van der Waals surface area contributed by atoms with E-state index in [9.17, 15) is 14.7 Å². The third-order valence-corrected chi connectivity index (χ3v) is 4.57. The van der Waals surface area contributed by atoms with E-state index in [4.69, 9.17) is 0 Å². The van der Waals surface area contributed by atoms with Gasteiger partial charge in [-0.25, -0.2) is 0 Å². The number of benzene rings is 1. The van der Waals surface area contributed by atoms with Gasteiger partial charge in [-0.05, 0) is 24.3 Å². The molecular formula is C17H23NO3. The minimum Gasteiger partial charge on any atom is -0.481 e. The van der Waals surface area contributed by atoms with Crippen LogP contribution in [-0.2, 0) is 15.0 Å². The molecule has 1 aromatic rings. The Hall–Kier alpha value is -1.84. The van der Waals surface area contributed by atoms with E-state index >= 15 is 0 Å². The molecule has 1 unspecified atom stereocenters. The molecule has 0 saturated heterocycles. The lowest BCUT2D eigenvalue weighted by Crippen LogP contribution is -2.51. The Morgan fingerprint density at radius 2 is 1.86 bits per heavy atom. The average Bonchev–Trinajstić information content (AvgIpc) is 2.38. The van der Waals surface area contributed by atoms with Crippen molar-refractivity contribution in [1.82, 2.24) is 5.32 Å². The molecule has 0 aromatic heterocycles. The molecule has 21 heavy (non-hydrogen) atoms. The molecule has 0 bridgehead atoms. The Morgan fingerprint density at radius 3 is 2.29 bits per heavy atom. The highest BCUT2D eigenvalue weighted by Gasteiger charge is 2.45. The summed E-state index contributed by atoms with van der Waals surface area (Å²) in [5.74, 6) is -1.43. The van der Waals surface area contributed by atoms with Crippen molar-refractivity contribution in [1.29, 1.82) is 0 Å². The van der Waals surface area contributed by atoms with Crippen LogP contribution in [0, 0.1) is 11.8 Å². The molecule has 1 amide bonds. The van der Waals surface area contributed by atoms with Crippen molar-refractivity contribution in [2.24, 2.45) is 11.8 Å². The predicted molar refractivity (Wildman–Crippen MR) is 80.9 cm³/mol. The van der Waals surface area contributed by atoms with Crippen LogP contribution in [0.4, 0.5) is 0 Å². The highest BCUT2D eigenvalue weighted by molar-refractivity contribution is 5.89. The van der Waals surface area contributed by atoms with Gasteiger partial charge in [0.15, 0.2) is 0 Å². The number of nitrogens with one attached hydrogen (secondary N) is 1. The number of aliphatic carboxylic acids is 1. The maximum atomic E-state index is 12.6. The molecule has 114 valence electrons. The second-order valence-electron chi connectivity index (χ2n) is 6.20. The van der Waals surface area contributed by atoms with Crippen LogP contribution in [0.25, 0.3) is 0 Å². The zero-order valence-corrected chi connectivity index (χ0v) is 12.6. The lowest BCUT2D eigenvalue weighted by Gasteiger charge is -2.41. The van der Waals surface area contributed by atoms with E-state index in [1.54, 1.807) is 0 Å². The van der Waals surface area contributed by atoms with Crippen LogP contribution in [0.15, 0.2) is 30.3 Å². The van der Waals surface area contributed by atoms with Crippen molar-refractivity contribution in [2.45, 2.75) is 38.5 Å². The summed E-state index contributed by atoms with van der Waals surface area (Å²) in [6.45, 7) is 3.92. The van der Waals surface area contributed by atoms with E-state index in [1.165, 1.54) is 0 Å². The molecule has 1 saturated carbocycles. The van der Waals surface area contributed by atoms with Crippen LogP contribution >= 0.6 is 0 Å². The number of carboxylic acids is 1. The van der Waals surface area contributed by atoms with Crippen molar-refractivity contribution >= 4 is 11.9 Å². The molecule has 1 aromatic carbocycles. The zero-order chi connectivity index (χ0) is 15.5. The van der Waals surface area contributed by atoms with Crippen LogP contribution in [0.3, 0.4) is 0 Å². The predicted octanol–water partition coefficient (Wildman–Crippen LogP) is 2.58. The van der Waals surface area contributed by atoms with Gasteiger partial charge < -0.3 is 10.4 Å².